The van der Waals surface area contributed by atoms with E-state index in [-0.39, 0.29) is 6.61 Å². The molecule has 0 bridgehead atoms. The first-order chi connectivity index (χ1) is 11.2. The third-order valence-electron chi connectivity index (χ3n) is 3.72. The Hall–Kier alpha value is -2.66. The first kappa shape index (κ1) is 15.2. The Labute approximate surface area is 134 Å². The largest absolute Gasteiger partial charge is 0.484 e. The molecule has 2 amide bonds. The molecule has 2 aromatic rings. The van der Waals surface area contributed by atoms with Gasteiger partial charge in [-0.3, -0.25) is 14.9 Å². The highest BCUT2D eigenvalue weighted by Crippen LogP contribution is 2.16. The highest BCUT2D eigenvalue weighted by atomic mass is 16.5. The predicted octanol–water partition coefficient (Wildman–Crippen LogP) is 1.67. The molecule has 23 heavy (non-hydrogen) atoms. The van der Waals surface area contributed by atoms with Crippen molar-refractivity contribution < 1.29 is 14.3 Å². The molecular weight excluding hydrogens is 292 g/mol. The Morgan fingerprint density at radius 3 is 2.74 bits per heavy atom. The van der Waals surface area contributed by atoms with Crippen molar-refractivity contribution in [3.05, 3.63) is 65.2 Å². The fraction of sp³-hybridized carbons (Fsp3) is 0.222. The number of ether oxygens (including phenoxy) is 1. The van der Waals surface area contributed by atoms with Gasteiger partial charge in [-0.2, -0.15) is 0 Å². The van der Waals surface area contributed by atoms with Gasteiger partial charge in [-0.05, 0) is 48.4 Å². The molecule has 1 heterocycles. The van der Waals surface area contributed by atoms with E-state index < -0.39 is 11.8 Å². The Kier molecular flexibility index (Phi) is 4.68. The normalized spacial score (nSPS) is 13.0. The highest BCUT2D eigenvalue weighted by molar-refractivity contribution is 6.05. The van der Waals surface area contributed by atoms with E-state index in [4.69, 9.17) is 4.74 Å². The molecule has 0 unspecified atom stereocenters. The standard InChI is InChI=1S/C18H18N2O3/c21-17(12-23-16-4-2-1-3-5-16)20-18(22)14-6-7-15-11-19-9-8-13(15)10-14/h1-7,10,19H,8-9,11-12H2,(H,20,21,22). The van der Waals surface area contributed by atoms with Crippen molar-refractivity contribution in [2.75, 3.05) is 13.2 Å². The third kappa shape index (κ3) is 3.96. The van der Waals surface area contributed by atoms with Crippen LogP contribution in [0.2, 0.25) is 0 Å². The molecule has 0 spiro atoms. The number of carbonyl (C=O) groups excluding carboxylic acids is 2. The van der Waals surface area contributed by atoms with E-state index in [1.165, 1.54) is 5.56 Å². The highest BCUT2D eigenvalue weighted by Gasteiger charge is 2.14. The lowest BCUT2D eigenvalue weighted by Gasteiger charge is -2.17. The van der Waals surface area contributed by atoms with Crippen LogP contribution in [0.4, 0.5) is 0 Å². The van der Waals surface area contributed by atoms with Gasteiger partial charge in [-0.15, -0.1) is 0 Å². The van der Waals surface area contributed by atoms with Gasteiger partial charge in [0.05, 0.1) is 0 Å². The van der Waals surface area contributed by atoms with Crippen molar-refractivity contribution in [1.82, 2.24) is 10.6 Å². The van der Waals surface area contributed by atoms with Gasteiger partial charge in [-0.25, -0.2) is 0 Å². The molecule has 0 radical (unpaired) electrons. The smallest absolute Gasteiger partial charge is 0.264 e. The van der Waals surface area contributed by atoms with E-state index in [0.29, 0.717) is 11.3 Å². The van der Waals surface area contributed by atoms with Gasteiger partial charge in [0.25, 0.3) is 11.8 Å². The van der Waals surface area contributed by atoms with Crippen LogP contribution in [0.5, 0.6) is 5.75 Å². The van der Waals surface area contributed by atoms with Crippen LogP contribution in [0, 0.1) is 0 Å². The lowest BCUT2D eigenvalue weighted by Crippen LogP contribution is -2.34. The minimum absolute atomic E-state index is 0.190. The molecule has 2 aromatic carbocycles. The minimum atomic E-state index is -0.460. The van der Waals surface area contributed by atoms with Crippen LogP contribution < -0.4 is 15.4 Å². The summed E-state index contributed by atoms with van der Waals surface area (Å²) in [6.45, 7) is 1.54. The number of rotatable bonds is 4. The number of hydrogen-bond donors (Lipinski definition) is 2. The zero-order chi connectivity index (χ0) is 16.1. The molecule has 2 N–H and O–H groups in total. The Bertz CT molecular complexity index is 713. The molecule has 118 valence electrons. The maximum Gasteiger partial charge on any atom is 0.264 e. The topological polar surface area (TPSA) is 67.4 Å². The molecule has 0 saturated heterocycles. The Morgan fingerprint density at radius 1 is 1.09 bits per heavy atom. The number of fused-ring (bicyclic) bond motifs is 1. The number of carbonyl (C=O) groups is 2. The van der Waals surface area contributed by atoms with Crippen LogP contribution in [-0.4, -0.2) is 25.0 Å². The van der Waals surface area contributed by atoms with Crippen molar-refractivity contribution >= 4 is 11.8 Å². The SMILES string of the molecule is O=C(COc1ccccc1)NC(=O)c1ccc2c(c1)CCNC2. The number of benzene rings is 2. The molecule has 5 heteroatoms. The quantitative estimate of drug-likeness (QED) is 0.901. The van der Waals surface area contributed by atoms with Gasteiger partial charge in [-0.1, -0.05) is 24.3 Å². The summed E-state index contributed by atoms with van der Waals surface area (Å²) in [7, 11) is 0. The van der Waals surface area contributed by atoms with E-state index in [1.807, 2.05) is 30.3 Å². The minimum Gasteiger partial charge on any atom is -0.484 e. The first-order valence-electron chi connectivity index (χ1n) is 7.57. The molecule has 0 atom stereocenters. The molecule has 0 saturated carbocycles. The van der Waals surface area contributed by atoms with Crippen molar-refractivity contribution in [2.45, 2.75) is 13.0 Å². The van der Waals surface area contributed by atoms with E-state index in [2.05, 4.69) is 10.6 Å². The van der Waals surface area contributed by atoms with E-state index in [0.717, 1.165) is 25.1 Å². The van der Waals surface area contributed by atoms with Crippen LogP contribution in [0.15, 0.2) is 48.5 Å². The average Bonchev–Trinajstić information content (AvgIpc) is 2.60. The number of imide groups is 1. The Balaban J connectivity index is 1.57. The summed E-state index contributed by atoms with van der Waals surface area (Å²) in [4.78, 5) is 24.0. The second-order valence-electron chi connectivity index (χ2n) is 5.39. The zero-order valence-corrected chi connectivity index (χ0v) is 12.7. The number of amides is 2. The first-order valence-corrected chi connectivity index (χ1v) is 7.57. The van der Waals surface area contributed by atoms with Gasteiger partial charge in [0.2, 0.25) is 0 Å². The van der Waals surface area contributed by atoms with Crippen molar-refractivity contribution in [1.29, 1.82) is 0 Å². The van der Waals surface area contributed by atoms with Gasteiger partial charge < -0.3 is 10.1 Å². The van der Waals surface area contributed by atoms with Crippen LogP contribution >= 0.6 is 0 Å². The maximum atomic E-state index is 12.1. The summed E-state index contributed by atoms with van der Waals surface area (Å²) >= 11 is 0. The van der Waals surface area contributed by atoms with Gasteiger partial charge in [0.15, 0.2) is 6.61 Å². The van der Waals surface area contributed by atoms with Gasteiger partial charge >= 0.3 is 0 Å². The van der Waals surface area contributed by atoms with Crippen LogP contribution in [0.1, 0.15) is 21.5 Å². The summed E-state index contributed by atoms with van der Waals surface area (Å²) in [5.41, 5.74) is 2.86. The van der Waals surface area contributed by atoms with E-state index >= 15 is 0 Å². The van der Waals surface area contributed by atoms with Crippen molar-refractivity contribution in [2.24, 2.45) is 0 Å². The second-order valence-corrected chi connectivity index (χ2v) is 5.39. The summed E-state index contributed by atoms with van der Waals surface area (Å²) in [5.74, 6) is -0.261. The molecule has 0 fully saturated rings. The van der Waals surface area contributed by atoms with Gasteiger partial charge in [0.1, 0.15) is 5.75 Å². The van der Waals surface area contributed by atoms with Crippen molar-refractivity contribution in [3.8, 4) is 5.75 Å². The van der Waals surface area contributed by atoms with Gasteiger partial charge in [0, 0.05) is 12.1 Å². The number of nitrogens with one attached hydrogen (secondary N) is 2. The lowest BCUT2D eigenvalue weighted by atomic mass is 9.98. The average molecular weight is 310 g/mol. The van der Waals surface area contributed by atoms with Crippen LogP contribution in [0.25, 0.3) is 0 Å². The lowest BCUT2D eigenvalue weighted by molar-refractivity contribution is -0.122. The maximum absolute atomic E-state index is 12.1. The summed E-state index contributed by atoms with van der Waals surface area (Å²) < 4.78 is 5.32. The third-order valence-corrected chi connectivity index (χ3v) is 3.72. The monoisotopic (exact) mass is 310 g/mol. The zero-order valence-electron chi connectivity index (χ0n) is 12.7. The fourth-order valence-electron chi connectivity index (χ4n) is 2.52. The molecule has 5 nitrogen and oxygen atoms in total. The second kappa shape index (κ2) is 7.07. The van der Waals surface area contributed by atoms with Crippen LogP contribution in [0.3, 0.4) is 0 Å². The van der Waals surface area contributed by atoms with Crippen LogP contribution in [-0.2, 0) is 17.8 Å². The van der Waals surface area contributed by atoms with Crippen molar-refractivity contribution in [3.63, 3.8) is 0 Å². The summed E-state index contributed by atoms with van der Waals surface area (Å²) in [5, 5.41) is 5.64. The summed E-state index contributed by atoms with van der Waals surface area (Å²) in [6.07, 6.45) is 0.890. The molecule has 0 aliphatic carbocycles. The number of hydrogen-bond acceptors (Lipinski definition) is 4. The molecule has 1 aliphatic heterocycles. The molecule has 0 aromatic heterocycles. The predicted molar refractivity (Wildman–Crippen MR) is 86.3 cm³/mol. The Morgan fingerprint density at radius 2 is 1.91 bits per heavy atom. The summed E-state index contributed by atoms with van der Waals surface area (Å²) in [6, 6.07) is 14.5. The van der Waals surface area contributed by atoms with E-state index in [9.17, 15) is 9.59 Å². The molecule has 1 aliphatic rings. The molecular formula is C18H18N2O3. The fourth-order valence-corrected chi connectivity index (χ4v) is 2.52. The van der Waals surface area contributed by atoms with E-state index in [1.54, 1.807) is 18.2 Å². The molecule has 3 rings (SSSR count). The number of para-hydroxylation sites is 1.